The van der Waals surface area contributed by atoms with Crippen LogP contribution in [0.3, 0.4) is 0 Å². The summed E-state index contributed by atoms with van der Waals surface area (Å²) >= 11 is 14.7. The highest BCUT2D eigenvalue weighted by Gasteiger charge is 2.26. The fourth-order valence-corrected chi connectivity index (χ4v) is 5.51. The highest BCUT2D eigenvalue weighted by molar-refractivity contribution is 9.10. The van der Waals surface area contributed by atoms with Gasteiger partial charge < -0.3 is 10.2 Å². The molecule has 0 heterocycles. The van der Waals surface area contributed by atoms with E-state index in [0.717, 1.165) is 18.2 Å². The molecule has 0 aliphatic rings. The van der Waals surface area contributed by atoms with Gasteiger partial charge in [0.1, 0.15) is 9.79 Å². The normalized spacial score (nSPS) is 12.2. The maximum absolute atomic E-state index is 12.6. The second kappa shape index (κ2) is 7.43. The van der Waals surface area contributed by atoms with E-state index in [2.05, 4.69) is 15.9 Å². The molecule has 12 heteroatoms. The minimum Gasteiger partial charge on any atom is -0.505 e. The Bertz CT molecular complexity index is 1090. The van der Waals surface area contributed by atoms with E-state index in [4.69, 9.17) is 23.2 Å². The number of benzene rings is 2. The molecule has 0 saturated heterocycles. The zero-order chi connectivity index (χ0) is 19.9. The van der Waals surface area contributed by atoms with Crippen molar-refractivity contribution in [1.29, 1.82) is 0 Å². The van der Waals surface area contributed by atoms with E-state index in [9.17, 15) is 27.0 Å². The first-order chi connectivity index (χ1) is 11.9. The van der Waals surface area contributed by atoms with Gasteiger partial charge in [0.05, 0.1) is 16.5 Å². The summed E-state index contributed by atoms with van der Waals surface area (Å²) in [6.45, 7) is 1.36. The molecule has 0 radical (unpaired) electrons. The predicted octanol–water partition coefficient (Wildman–Crippen LogP) is 3.76. The molecule has 2 aromatic rings. The Morgan fingerprint density at radius 1 is 1.00 bits per heavy atom. The lowest BCUT2D eigenvalue weighted by Gasteiger charge is -2.14. The van der Waals surface area contributed by atoms with Crippen molar-refractivity contribution in [1.82, 2.24) is 0 Å². The number of rotatable bonds is 5. The van der Waals surface area contributed by atoms with Crippen LogP contribution in [-0.4, -0.2) is 32.8 Å². The van der Waals surface area contributed by atoms with Gasteiger partial charge in [-0.1, -0.05) is 46.1 Å². The van der Waals surface area contributed by atoms with Gasteiger partial charge in [0.15, 0.2) is 21.3 Å². The third-order valence-corrected chi connectivity index (χ3v) is 7.37. The summed E-state index contributed by atoms with van der Waals surface area (Å²) < 4.78 is 51.5. The Kier molecular flexibility index (Phi) is 6.03. The quantitative estimate of drug-likeness (QED) is 0.533. The molecular weight excluding hydrogens is 493 g/mol. The van der Waals surface area contributed by atoms with E-state index in [0.29, 0.717) is 0 Å². The second-order valence-electron chi connectivity index (χ2n) is 5.04. The number of halogens is 3. The standard InChI is InChI=1S/C14H12BrCl2NO6S2/c1-2-25(21,22)11-6-8(16)5-10(14(11)20)18-26(23,24)12-4-7(15)3-9(17)13(12)19/h3-6,18-20H,2H2,1H3. The van der Waals surface area contributed by atoms with Gasteiger partial charge in [-0.25, -0.2) is 16.8 Å². The smallest absolute Gasteiger partial charge is 0.265 e. The molecule has 7 nitrogen and oxygen atoms in total. The van der Waals surface area contributed by atoms with E-state index < -0.39 is 46.8 Å². The van der Waals surface area contributed by atoms with Gasteiger partial charge in [0, 0.05) is 9.50 Å². The molecule has 0 fully saturated rings. The molecule has 0 bridgehead atoms. The van der Waals surface area contributed by atoms with Crippen LogP contribution in [0.2, 0.25) is 10.0 Å². The van der Waals surface area contributed by atoms with Gasteiger partial charge in [0.25, 0.3) is 10.0 Å². The number of aromatic hydroxyl groups is 2. The van der Waals surface area contributed by atoms with Crippen molar-refractivity contribution >= 4 is 64.7 Å². The molecule has 3 N–H and O–H groups in total. The summed E-state index contributed by atoms with van der Waals surface area (Å²) in [6, 6.07) is 4.44. The second-order valence-corrected chi connectivity index (χ2v) is 10.7. The van der Waals surface area contributed by atoms with Crippen molar-refractivity contribution < 1.29 is 27.0 Å². The van der Waals surface area contributed by atoms with E-state index >= 15 is 0 Å². The number of phenolic OH excluding ortho intramolecular Hbond substituents is 2. The van der Waals surface area contributed by atoms with Crippen molar-refractivity contribution in [2.24, 2.45) is 0 Å². The minimum absolute atomic E-state index is 0.107. The average molecular weight is 505 g/mol. The molecule has 0 aromatic heterocycles. The molecule has 0 atom stereocenters. The largest absolute Gasteiger partial charge is 0.505 e. The molecule has 0 spiro atoms. The zero-order valence-corrected chi connectivity index (χ0v) is 17.7. The van der Waals surface area contributed by atoms with E-state index in [1.54, 1.807) is 0 Å². The number of hydrogen-bond acceptors (Lipinski definition) is 6. The summed E-state index contributed by atoms with van der Waals surface area (Å²) in [7, 11) is -8.29. The summed E-state index contributed by atoms with van der Waals surface area (Å²) in [5.41, 5.74) is -0.458. The number of sulfonamides is 1. The molecular formula is C14H12BrCl2NO6S2. The van der Waals surface area contributed by atoms with Crippen molar-refractivity contribution in [3.63, 3.8) is 0 Å². The first kappa shape index (κ1) is 21.1. The van der Waals surface area contributed by atoms with Gasteiger partial charge in [-0.05, 0) is 24.3 Å². The van der Waals surface area contributed by atoms with Crippen molar-refractivity contribution in [3.05, 3.63) is 38.8 Å². The van der Waals surface area contributed by atoms with Gasteiger partial charge in [-0.2, -0.15) is 0 Å². The highest BCUT2D eigenvalue weighted by Crippen LogP contribution is 2.39. The third-order valence-electron chi connectivity index (χ3n) is 3.28. The Balaban J connectivity index is 2.62. The molecule has 0 unspecified atom stereocenters. The van der Waals surface area contributed by atoms with Crippen LogP contribution >= 0.6 is 39.1 Å². The van der Waals surface area contributed by atoms with Gasteiger partial charge in [-0.15, -0.1) is 0 Å². The minimum atomic E-state index is -4.43. The highest BCUT2D eigenvalue weighted by atomic mass is 79.9. The zero-order valence-electron chi connectivity index (χ0n) is 13.0. The lowest BCUT2D eigenvalue weighted by Crippen LogP contribution is -2.14. The van der Waals surface area contributed by atoms with Crippen molar-refractivity contribution in [3.8, 4) is 11.5 Å². The number of sulfone groups is 1. The van der Waals surface area contributed by atoms with Gasteiger partial charge in [0.2, 0.25) is 0 Å². The molecule has 26 heavy (non-hydrogen) atoms. The summed E-state index contributed by atoms with van der Waals surface area (Å²) in [6.07, 6.45) is 0. The SMILES string of the molecule is CCS(=O)(=O)c1cc(Cl)cc(NS(=O)(=O)c2cc(Br)cc(Cl)c2O)c1O. The van der Waals surface area contributed by atoms with Gasteiger partial charge in [-0.3, -0.25) is 4.72 Å². The van der Waals surface area contributed by atoms with Crippen molar-refractivity contribution in [2.45, 2.75) is 16.7 Å². The Morgan fingerprint density at radius 2 is 1.62 bits per heavy atom. The summed E-state index contributed by atoms with van der Waals surface area (Å²) in [5, 5.41) is 19.8. The Hall–Kier alpha value is -1.20. The molecule has 0 aliphatic heterocycles. The lowest BCUT2D eigenvalue weighted by molar-refractivity contribution is 0.457. The topological polar surface area (TPSA) is 121 Å². The van der Waals surface area contributed by atoms with Crippen LogP contribution in [0.5, 0.6) is 11.5 Å². The number of nitrogens with one attached hydrogen (secondary N) is 1. The predicted molar refractivity (Wildman–Crippen MR) is 102 cm³/mol. The molecule has 2 aromatic carbocycles. The number of hydrogen-bond donors (Lipinski definition) is 3. The number of anilines is 1. The van der Waals surface area contributed by atoms with Crippen LogP contribution in [0.25, 0.3) is 0 Å². The maximum Gasteiger partial charge on any atom is 0.265 e. The monoisotopic (exact) mass is 503 g/mol. The third kappa shape index (κ3) is 4.20. The fraction of sp³-hybridized carbons (Fsp3) is 0.143. The van der Waals surface area contributed by atoms with Crippen LogP contribution in [0.15, 0.2) is 38.5 Å². The molecule has 0 amide bonds. The first-order valence-corrected chi connectivity index (χ1v) is 11.5. The maximum atomic E-state index is 12.6. The Labute approximate surface area is 168 Å². The van der Waals surface area contributed by atoms with Crippen LogP contribution < -0.4 is 4.72 Å². The molecule has 0 saturated carbocycles. The lowest BCUT2D eigenvalue weighted by atomic mass is 10.3. The Morgan fingerprint density at radius 3 is 2.19 bits per heavy atom. The summed E-state index contributed by atoms with van der Waals surface area (Å²) in [4.78, 5) is -1.09. The first-order valence-electron chi connectivity index (χ1n) is 6.85. The van der Waals surface area contributed by atoms with E-state index in [-0.39, 0.29) is 20.3 Å². The van der Waals surface area contributed by atoms with Crippen LogP contribution in [0, 0.1) is 0 Å². The van der Waals surface area contributed by atoms with E-state index in [1.165, 1.54) is 13.0 Å². The molecule has 2 rings (SSSR count). The van der Waals surface area contributed by atoms with Gasteiger partial charge >= 0.3 is 0 Å². The average Bonchev–Trinajstić information content (AvgIpc) is 2.53. The summed E-state index contributed by atoms with van der Waals surface area (Å²) in [5.74, 6) is -1.83. The van der Waals surface area contributed by atoms with Crippen LogP contribution in [-0.2, 0) is 19.9 Å². The molecule has 0 aliphatic carbocycles. The van der Waals surface area contributed by atoms with Crippen LogP contribution in [0.1, 0.15) is 6.92 Å². The van der Waals surface area contributed by atoms with Crippen molar-refractivity contribution in [2.75, 3.05) is 10.5 Å². The van der Waals surface area contributed by atoms with E-state index in [1.807, 2.05) is 4.72 Å². The fourth-order valence-electron chi connectivity index (χ4n) is 1.99. The number of phenols is 2. The molecule has 142 valence electrons. The van der Waals surface area contributed by atoms with Crippen LogP contribution in [0.4, 0.5) is 5.69 Å².